The van der Waals surface area contributed by atoms with Crippen LogP contribution < -0.4 is 0 Å². The number of nitriles is 1. The van der Waals surface area contributed by atoms with Crippen LogP contribution >= 0.6 is 35.0 Å². The summed E-state index contributed by atoms with van der Waals surface area (Å²) in [5, 5.41) is 9.84. The molecule has 0 fully saturated rings. The van der Waals surface area contributed by atoms with Crippen LogP contribution in [-0.4, -0.2) is 11.7 Å². The van der Waals surface area contributed by atoms with Gasteiger partial charge in [0, 0.05) is 5.75 Å². The van der Waals surface area contributed by atoms with E-state index in [-0.39, 0.29) is 18.3 Å². The Labute approximate surface area is 149 Å². The average molecular weight is 366 g/mol. The topological polar surface area (TPSA) is 50.1 Å². The maximum absolute atomic E-state index is 11.7. The molecule has 6 heteroatoms. The smallest absolute Gasteiger partial charge is 0.316 e. The van der Waals surface area contributed by atoms with Crippen molar-refractivity contribution in [2.24, 2.45) is 0 Å². The molecule has 2 rings (SSSR count). The number of thioether (sulfide) groups is 1. The minimum absolute atomic E-state index is 0.168. The molecule has 118 valence electrons. The summed E-state index contributed by atoms with van der Waals surface area (Å²) in [6, 6.07) is 14.4. The first-order valence-corrected chi connectivity index (χ1v) is 8.66. The molecule has 0 heterocycles. The molecule has 0 spiro atoms. The minimum Gasteiger partial charge on any atom is -0.460 e. The largest absolute Gasteiger partial charge is 0.460 e. The van der Waals surface area contributed by atoms with Gasteiger partial charge in [-0.15, -0.1) is 11.8 Å². The van der Waals surface area contributed by atoms with Crippen molar-refractivity contribution in [3.05, 3.63) is 69.2 Å². The Balaban J connectivity index is 1.74. The number of benzene rings is 2. The van der Waals surface area contributed by atoms with Crippen molar-refractivity contribution >= 4 is 40.9 Å². The lowest BCUT2D eigenvalue weighted by atomic mass is 10.1. The second-order valence-corrected chi connectivity index (χ2v) is 6.51. The molecule has 23 heavy (non-hydrogen) atoms. The van der Waals surface area contributed by atoms with Crippen molar-refractivity contribution in [3.8, 4) is 6.07 Å². The van der Waals surface area contributed by atoms with Crippen LogP contribution in [0.25, 0.3) is 0 Å². The zero-order chi connectivity index (χ0) is 16.7. The van der Waals surface area contributed by atoms with Gasteiger partial charge in [0.1, 0.15) is 6.61 Å². The lowest BCUT2D eigenvalue weighted by Gasteiger charge is -2.06. The van der Waals surface area contributed by atoms with Crippen LogP contribution in [0.2, 0.25) is 10.0 Å². The quantitative estimate of drug-likeness (QED) is 0.687. The molecule has 0 aliphatic rings. The number of halogens is 2. The Kier molecular flexibility index (Phi) is 6.79. The normalized spacial score (nSPS) is 10.1. The molecule has 2 aromatic rings. The number of hydrogen-bond donors (Lipinski definition) is 0. The average Bonchev–Trinajstić information content (AvgIpc) is 2.56. The molecule has 0 aliphatic heterocycles. The van der Waals surface area contributed by atoms with Crippen LogP contribution in [0, 0.1) is 11.3 Å². The fourth-order valence-electron chi connectivity index (χ4n) is 1.82. The van der Waals surface area contributed by atoms with Crippen LogP contribution in [0.4, 0.5) is 0 Å². The second kappa shape index (κ2) is 8.83. The Hall–Kier alpha value is -1.67. The summed E-state index contributed by atoms with van der Waals surface area (Å²) in [5.74, 6) is 0.603. The van der Waals surface area contributed by atoms with Crippen LogP contribution in [0.1, 0.15) is 16.7 Å². The van der Waals surface area contributed by atoms with E-state index in [9.17, 15) is 4.79 Å². The van der Waals surface area contributed by atoms with E-state index in [0.717, 1.165) is 11.1 Å². The molecular weight excluding hydrogens is 353 g/mol. The van der Waals surface area contributed by atoms with Gasteiger partial charge in [-0.3, -0.25) is 4.79 Å². The molecule has 0 atom stereocenters. The Morgan fingerprint density at radius 1 is 1.13 bits per heavy atom. The van der Waals surface area contributed by atoms with E-state index < -0.39 is 0 Å². The molecule has 3 nitrogen and oxygen atoms in total. The van der Waals surface area contributed by atoms with Crippen molar-refractivity contribution in [2.45, 2.75) is 12.4 Å². The summed E-state index contributed by atoms with van der Waals surface area (Å²) in [4.78, 5) is 11.7. The first-order chi connectivity index (χ1) is 11.1. The number of rotatable bonds is 6. The number of carbonyl (C=O) groups is 1. The van der Waals surface area contributed by atoms with E-state index in [1.807, 2.05) is 12.1 Å². The number of hydrogen-bond acceptors (Lipinski definition) is 4. The maximum Gasteiger partial charge on any atom is 0.316 e. The van der Waals surface area contributed by atoms with Gasteiger partial charge in [0.25, 0.3) is 0 Å². The van der Waals surface area contributed by atoms with E-state index in [4.69, 9.17) is 33.2 Å². The Morgan fingerprint density at radius 2 is 1.96 bits per heavy atom. The molecule has 0 aromatic heterocycles. The lowest BCUT2D eigenvalue weighted by Crippen LogP contribution is -2.07. The lowest BCUT2D eigenvalue weighted by molar-refractivity contribution is -0.141. The summed E-state index contributed by atoms with van der Waals surface area (Å²) in [5.41, 5.74) is 2.35. The predicted molar refractivity (Wildman–Crippen MR) is 93.6 cm³/mol. The number of ether oxygens (including phenoxy) is 1. The molecular formula is C17H13Cl2NO2S. The van der Waals surface area contributed by atoms with E-state index in [1.165, 1.54) is 11.8 Å². The highest BCUT2D eigenvalue weighted by molar-refractivity contribution is 7.99. The standard InChI is InChI=1S/C17H13Cl2NO2S/c18-15-5-4-14(7-16(15)19)10-23-11-17(21)22-9-13-3-1-2-12(6-13)8-20/h1-7H,9-11H2. The molecule has 0 N–H and O–H groups in total. The Bertz CT molecular complexity index is 744. The number of nitrogens with zero attached hydrogens (tertiary/aromatic N) is 1. The summed E-state index contributed by atoms with van der Waals surface area (Å²) in [6.45, 7) is 0.168. The fourth-order valence-corrected chi connectivity index (χ4v) is 2.91. The van der Waals surface area contributed by atoms with Gasteiger partial charge < -0.3 is 4.74 Å². The first-order valence-electron chi connectivity index (χ1n) is 6.75. The molecule has 0 saturated heterocycles. The van der Waals surface area contributed by atoms with Crippen LogP contribution in [0.5, 0.6) is 0 Å². The molecule has 2 aromatic carbocycles. The van der Waals surface area contributed by atoms with Gasteiger partial charge in [-0.05, 0) is 35.4 Å². The zero-order valence-electron chi connectivity index (χ0n) is 12.1. The van der Waals surface area contributed by atoms with Gasteiger partial charge >= 0.3 is 5.97 Å². The van der Waals surface area contributed by atoms with E-state index >= 15 is 0 Å². The van der Waals surface area contributed by atoms with Crippen molar-refractivity contribution in [2.75, 3.05) is 5.75 Å². The highest BCUT2D eigenvalue weighted by atomic mass is 35.5. The SMILES string of the molecule is N#Cc1cccc(COC(=O)CSCc2ccc(Cl)c(Cl)c2)c1. The van der Waals surface area contributed by atoms with Crippen LogP contribution in [0.15, 0.2) is 42.5 Å². The second-order valence-electron chi connectivity index (χ2n) is 4.71. The first kappa shape index (κ1) is 17.7. The fraction of sp³-hybridized carbons (Fsp3) is 0.176. The Morgan fingerprint density at radius 3 is 2.70 bits per heavy atom. The maximum atomic E-state index is 11.7. The van der Waals surface area contributed by atoms with Crippen molar-refractivity contribution < 1.29 is 9.53 Å². The molecule has 0 bridgehead atoms. The number of esters is 1. The number of carbonyl (C=O) groups excluding carboxylic acids is 1. The van der Waals surface area contributed by atoms with Gasteiger partial charge in [0.05, 0.1) is 27.4 Å². The molecule has 0 aliphatic carbocycles. The summed E-state index contributed by atoms with van der Waals surface area (Å²) in [7, 11) is 0. The van der Waals surface area contributed by atoms with Gasteiger partial charge in [-0.1, -0.05) is 41.4 Å². The van der Waals surface area contributed by atoms with Gasteiger partial charge in [0.15, 0.2) is 0 Å². The summed E-state index contributed by atoms with van der Waals surface area (Å²) < 4.78 is 5.19. The molecule has 0 saturated carbocycles. The third-order valence-electron chi connectivity index (χ3n) is 2.93. The highest BCUT2D eigenvalue weighted by Crippen LogP contribution is 2.24. The third kappa shape index (κ3) is 5.80. The van der Waals surface area contributed by atoms with Crippen molar-refractivity contribution in [3.63, 3.8) is 0 Å². The molecule has 0 unspecified atom stereocenters. The van der Waals surface area contributed by atoms with Crippen LogP contribution in [-0.2, 0) is 21.9 Å². The predicted octanol–water partition coefficient (Wildman–Crippen LogP) is 4.84. The van der Waals surface area contributed by atoms with E-state index in [0.29, 0.717) is 21.4 Å². The van der Waals surface area contributed by atoms with E-state index in [2.05, 4.69) is 6.07 Å². The molecule has 0 amide bonds. The summed E-state index contributed by atoms with van der Waals surface area (Å²) >= 11 is 13.2. The zero-order valence-corrected chi connectivity index (χ0v) is 14.4. The highest BCUT2D eigenvalue weighted by Gasteiger charge is 2.06. The van der Waals surface area contributed by atoms with Gasteiger partial charge in [0.2, 0.25) is 0 Å². The van der Waals surface area contributed by atoms with Crippen LogP contribution in [0.3, 0.4) is 0 Å². The van der Waals surface area contributed by atoms with Crippen molar-refractivity contribution in [1.82, 2.24) is 0 Å². The monoisotopic (exact) mass is 365 g/mol. The third-order valence-corrected chi connectivity index (χ3v) is 4.64. The van der Waals surface area contributed by atoms with Gasteiger partial charge in [-0.2, -0.15) is 5.26 Å². The summed E-state index contributed by atoms with van der Waals surface area (Å²) in [6.07, 6.45) is 0. The van der Waals surface area contributed by atoms with Crippen molar-refractivity contribution in [1.29, 1.82) is 5.26 Å². The minimum atomic E-state index is -0.294. The van der Waals surface area contributed by atoms with E-state index in [1.54, 1.807) is 30.3 Å². The van der Waals surface area contributed by atoms with Gasteiger partial charge in [-0.25, -0.2) is 0 Å². The molecule has 0 radical (unpaired) electrons.